The van der Waals surface area contributed by atoms with Crippen molar-refractivity contribution < 1.29 is 23.1 Å². The minimum Gasteiger partial charge on any atom is -0.508 e. The number of nitrogens with one attached hydrogen (secondary N) is 1. The number of aryl methyl sites for hydroxylation is 1. The summed E-state index contributed by atoms with van der Waals surface area (Å²) in [6.07, 6.45) is 1.72. The van der Waals surface area contributed by atoms with Gasteiger partial charge < -0.3 is 24.0 Å². The van der Waals surface area contributed by atoms with E-state index in [4.69, 9.17) is 9.05 Å². The molecule has 2 aromatic heterocycles. The summed E-state index contributed by atoms with van der Waals surface area (Å²) in [5.41, 5.74) is 3.39. The first-order valence-electron chi connectivity index (χ1n) is 13.9. The van der Waals surface area contributed by atoms with Crippen molar-refractivity contribution in [2.75, 3.05) is 18.5 Å². The first-order chi connectivity index (χ1) is 20.7. The second-order valence-electron chi connectivity index (χ2n) is 10.0. The zero-order valence-electron chi connectivity index (χ0n) is 24.1. The van der Waals surface area contributed by atoms with Crippen LogP contribution >= 0.6 is 7.60 Å². The molecule has 0 saturated heterocycles. The number of hydrogen-bond acceptors (Lipinski definition) is 8. The Morgan fingerprint density at radius 1 is 1.00 bits per heavy atom. The Labute approximate surface area is 248 Å². The van der Waals surface area contributed by atoms with Gasteiger partial charge in [0.2, 0.25) is 0 Å². The summed E-state index contributed by atoms with van der Waals surface area (Å²) in [6, 6.07) is 20.0. The molecule has 5 aromatic rings. The first kappa shape index (κ1) is 30.2. The normalized spacial score (nSPS) is 12.5. The van der Waals surface area contributed by atoms with E-state index in [2.05, 4.69) is 15.6 Å². The Kier molecular flexibility index (Phi) is 9.05. The standard InChI is InChI=1S/C31H33FN5O5P/c1-4-41-43(40,42-5-2)31(33-24-9-7-6-8-10-24)27-16-22(11-14-29(27)38)18-36-19-25(34-35-36)20-37-28-13-12-23(32)17-26(28)21(3)15-30(37)39/h6-17,19,31,33,38H,4-5,18,20H2,1-3H3. The number of benzene rings is 3. The highest BCUT2D eigenvalue weighted by molar-refractivity contribution is 7.54. The second-order valence-corrected chi connectivity index (χ2v) is 12.1. The van der Waals surface area contributed by atoms with Gasteiger partial charge in [0.25, 0.3) is 5.56 Å². The Balaban J connectivity index is 1.44. The van der Waals surface area contributed by atoms with Crippen molar-refractivity contribution in [3.8, 4) is 5.75 Å². The highest BCUT2D eigenvalue weighted by atomic mass is 31.2. The molecule has 43 heavy (non-hydrogen) atoms. The molecule has 0 aliphatic rings. The number of para-hydroxylation sites is 1. The lowest BCUT2D eigenvalue weighted by Gasteiger charge is -2.29. The van der Waals surface area contributed by atoms with Gasteiger partial charge in [0.05, 0.1) is 38.0 Å². The number of phenolic OH excluding ortho intramolecular Hbond substituents is 1. The molecule has 5 rings (SSSR count). The van der Waals surface area contributed by atoms with Gasteiger partial charge in [-0.05, 0) is 74.4 Å². The smallest absolute Gasteiger partial charge is 0.357 e. The quantitative estimate of drug-likeness (QED) is 0.161. The number of anilines is 1. The summed E-state index contributed by atoms with van der Waals surface area (Å²) in [7, 11) is -3.77. The van der Waals surface area contributed by atoms with E-state index in [9.17, 15) is 18.9 Å². The topological polar surface area (TPSA) is 121 Å². The lowest BCUT2D eigenvalue weighted by Crippen LogP contribution is -2.21. The van der Waals surface area contributed by atoms with Crippen LogP contribution in [-0.2, 0) is 26.7 Å². The number of fused-ring (bicyclic) bond motifs is 1. The third-order valence-corrected chi connectivity index (χ3v) is 9.20. The van der Waals surface area contributed by atoms with Crippen molar-refractivity contribution in [1.82, 2.24) is 19.6 Å². The third kappa shape index (κ3) is 6.69. The number of phenols is 1. The predicted molar refractivity (Wildman–Crippen MR) is 163 cm³/mol. The van der Waals surface area contributed by atoms with Crippen molar-refractivity contribution in [1.29, 1.82) is 0 Å². The van der Waals surface area contributed by atoms with Gasteiger partial charge in [-0.1, -0.05) is 29.5 Å². The Morgan fingerprint density at radius 2 is 1.74 bits per heavy atom. The van der Waals surface area contributed by atoms with Crippen LogP contribution in [0.3, 0.4) is 0 Å². The Hall–Kier alpha value is -4.31. The molecule has 0 aliphatic heterocycles. The number of halogens is 1. The molecule has 0 saturated carbocycles. The fourth-order valence-corrected chi connectivity index (χ4v) is 6.95. The lowest BCUT2D eigenvalue weighted by atomic mass is 10.1. The van der Waals surface area contributed by atoms with Gasteiger partial charge in [-0.15, -0.1) is 5.10 Å². The van der Waals surface area contributed by atoms with E-state index in [1.165, 1.54) is 28.8 Å². The monoisotopic (exact) mass is 605 g/mol. The zero-order chi connectivity index (χ0) is 30.6. The largest absolute Gasteiger partial charge is 0.508 e. The van der Waals surface area contributed by atoms with Crippen LogP contribution in [0.5, 0.6) is 5.75 Å². The summed E-state index contributed by atoms with van der Waals surface area (Å²) in [4.78, 5) is 12.8. The molecule has 10 nitrogen and oxygen atoms in total. The van der Waals surface area contributed by atoms with Gasteiger partial charge in [-0.3, -0.25) is 9.36 Å². The molecular weight excluding hydrogens is 572 g/mol. The van der Waals surface area contributed by atoms with Crippen LogP contribution in [0.15, 0.2) is 83.8 Å². The fourth-order valence-electron chi connectivity index (χ4n) is 5.01. The van der Waals surface area contributed by atoms with Crippen molar-refractivity contribution in [2.45, 2.75) is 39.6 Å². The van der Waals surface area contributed by atoms with Gasteiger partial charge in [-0.25, -0.2) is 9.07 Å². The maximum absolute atomic E-state index is 14.0. The summed E-state index contributed by atoms with van der Waals surface area (Å²) >= 11 is 0. The molecule has 0 spiro atoms. The maximum Gasteiger partial charge on any atom is 0.357 e. The van der Waals surface area contributed by atoms with Crippen molar-refractivity contribution in [2.24, 2.45) is 0 Å². The molecule has 224 valence electrons. The van der Waals surface area contributed by atoms with E-state index in [-0.39, 0.29) is 43.4 Å². The van der Waals surface area contributed by atoms with E-state index in [1.807, 2.05) is 30.3 Å². The number of aromatic hydroxyl groups is 1. The summed E-state index contributed by atoms with van der Waals surface area (Å²) in [5.74, 6) is -1.44. The zero-order valence-corrected chi connectivity index (χ0v) is 25.0. The first-order valence-corrected chi connectivity index (χ1v) is 15.5. The molecular formula is C31H33FN5O5P. The molecule has 2 heterocycles. The average Bonchev–Trinajstić information content (AvgIpc) is 3.42. The van der Waals surface area contributed by atoms with Gasteiger partial charge in [0, 0.05) is 22.7 Å². The van der Waals surface area contributed by atoms with Crippen LogP contribution in [0.1, 0.15) is 42.0 Å². The maximum atomic E-state index is 14.0. The molecule has 2 N–H and O–H groups in total. The van der Waals surface area contributed by atoms with Crippen LogP contribution in [0.25, 0.3) is 10.9 Å². The number of nitrogens with zero attached hydrogens (tertiary/aromatic N) is 4. The molecule has 0 aliphatic carbocycles. The molecule has 0 amide bonds. The van der Waals surface area contributed by atoms with Crippen molar-refractivity contribution >= 4 is 24.2 Å². The Bertz CT molecular complexity index is 1830. The van der Waals surface area contributed by atoms with Gasteiger partial charge in [-0.2, -0.15) is 0 Å². The molecule has 1 unspecified atom stereocenters. The predicted octanol–water partition coefficient (Wildman–Crippen LogP) is 6.22. The molecule has 12 heteroatoms. The van der Waals surface area contributed by atoms with E-state index >= 15 is 0 Å². The van der Waals surface area contributed by atoms with Gasteiger partial charge >= 0.3 is 7.60 Å². The van der Waals surface area contributed by atoms with Crippen LogP contribution in [-0.4, -0.2) is 37.9 Å². The van der Waals surface area contributed by atoms with Crippen LogP contribution in [0.2, 0.25) is 0 Å². The van der Waals surface area contributed by atoms with Crippen molar-refractivity contribution in [3.05, 3.63) is 118 Å². The summed E-state index contributed by atoms with van der Waals surface area (Å²) < 4.78 is 42.3. The SMILES string of the molecule is CCOP(=O)(OCC)C(Nc1ccccc1)c1cc(Cn2cc(Cn3c(=O)cc(C)c4cc(F)ccc43)nn2)ccc1O. The summed E-state index contributed by atoms with van der Waals surface area (Å²) in [5, 5.41) is 23.3. The molecule has 0 fully saturated rings. The number of aromatic nitrogens is 4. The molecule has 1 atom stereocenters. The number of hydrogen-bond donors (Lipinski definition) is 2. The van der Waals surface area contributed by atoms with Crippen LogP contribution < -0.4 is 10.9 Å². The van der Waals surface area contributed by atoms with E-state index < -0.39 is 13.4 Å². The van der Waals surface area contributed by atoms with Gasteiger partial charge in [0.15, 0.2) is 5.78 Å². The Morgan fingerprint density at radius 3 is 2.47 bits per heavy atom. The number of rotatable bonds is 12. The highest BCUT2D eigenvalue weighted by Gasteiger charge is 2.38. The lowest BCUT2D eigenvalue weighted by molar-refractivity contribution is 0.213. The van der Waals surface area contributed by atoms with E-state index in [0.29, 0.717) is 33.4 Å². The highest BCUT2D eigenvalue weighted by Crippen LogP contribution is 2.62. The number of pyridine rings is 1. The fraction of sp³-hybridized carbons (Fsp3) is 0.258. The van der Waals surface area contributed by atoms with E-state index in [0.717, 1.165) is 5.56 Å². The molecule has 3 aromatic carbocycles. The van der Waals surface area contributed by atoms with Gasteiger partial charge in [0.1, 0.15) is 17.3 Å². The summed E-state index contributed by atoms with van der Waals surface area (Å²) in [6.45, 7) is 5.97. The average molecular weight is 606 g/mol. The minimum absolute atomic E-state index is 0.0712. The third-order valence-electron chi connectivity index (χ3n) is 6.93. The molecule has 0 radical (unpaired) electrons. The van der Waals surface area contributed by atoms with Crippen LogP contribution in [0, 0.1) is 12.7 Å². The van der Waals surface area contributed by atoms with E-state index in [1.54, 1.807) is 49.8 Å². The van der Waals surface area contributed by atoms with Crippen LogP contribution in [0.4, 0.5) is 10.1 Å². The van der Waals surface area contributed by atoms with Crippen molar-refractivity contribution in [3.63, 3.8) is 0 Å². The minimum atomic E-state index is -3.77. The second kappa shape index (κ2) is 12.9. The molecule has 0 bridgehead atoms.